The normalized spacial score (nSPS) is 15.6. The molecule has 0 atom stereocenters. The Morgan fingerprint density at radius 1 is 1.20 bits per heavy atom. The number of rotatable bonds is 7. The van der Waals surface area contributed by atoms with Crippen molar-refractivity contribution in [3.63, 3.8) is 0 Å². The number of halogens is 1. The quantitative estimate of drug-likeness (QED) is 0.751. The van der Waals surface area contributed by atoms with Crippen molar-refractivity contribution in [2.75, 3.05) is 25.0 Å². The summed E-state index contributed by atoms with van der Waals surface area (Å²) in [5.41, 5.74) is 0.615. The van der Waals surface area contributed by atoms with E-state index in [9.17, 15) is 13.2 Å². The molecule has 0 unspecified atom stereocenters. The van der Waals surface area contributed by atoms with Crippen LogP contribution in [0.1, 0.15) is 39.5 Å². The third-order valence-electron chi connectivity index (χ3n) is 4.23. The van der Waals surface area contributed by atoms with E-state index in [4.69, 9.17) is 0 Å². The maximum atomic E-state index is 13.0. The molecule has 0 aliphatic carbocycles. The van der Waals surface area contributed by atoms with E-state index in [2.05, 4.69) is 10.6 Å². The van der Waals surface area contributed by atoms with Gasteiger partial charge in [0, 0.05) is 24.7 Å². The molecule has 1 aliphatic rings. The molecule has 1 saturated heterocycles. The van der Waals surface area contributed by atoms with Gasteiger partial charge in [-0.1, -0.05) is 13.8 Å². The number of sulfonamides is 1. The smallest absolute Gasteiger partial charge is 0.243 e. The highest BCUT2D eigenvalue weighted by atomic mass is 35.5. The fourth-order valence-electron chi connectivity index (χ4n) is 2.91. The summed E-state index contributed by atoms with van der Waals surface area (Å²) in [6, 6.07) is 6.49. The third-order valence-corrected chi connectivity index (χ3v) is 6.19. The number of hydrogen-bond donors (Lipinski definition) is 2. The number of nitrogens with zero attached hydrogens (tertiary/aromatic N) is 1. The van der Waals surface area contributed by atoms with Crippen LogP contribution in [0, 0.1) is 0 Å². The summed E-state index contributed by atoms with van der Waals surface area (Å²) in [7, 11) is -3.52. The van der Waals surface area contributed by atoms with Crippen LogP contribution < -0.4 is 10.6 Å². The van der Waals surface area contributed by atoms with Gasteiger partial charge in [0.1, 0.15) is 0 Å². The first kappa shape index (κ1) is 21.9. The van der Waals surface area contributed by atoms with Crippen molar-refractivity contribution in [3.8, 4) is 0 Å². The van der Waals surface area contributed by atoms with E-state index in [1.54, 1.807) is 35.5 Å². The molecule has 2 rings (SSSR count). The van der Waals surface area contributed by atoms with Gasteiger partial charge in [-0.2, -0.15) is 4.31 Å². The molecule has 25 heavy (non-hydrogen) atoms. The maximum absolute atomic E-state index is 13.0. The lowest BCUT2D eigenvalue weighted by Crippen LogP contribution is -2.46. The highest BCUT2D eigenvalue weighted by molar-refractivity contribution is 7.89. The maximum Gasteiger partial charge on any atom is 0.243 e. The van der Waals surface area contributed by atoms with Gasteiger partial charge in [-0.05, 0) is 56.6 Å². The lowest BCUT2D eigenvalue weighted by Gasteiger charge is -2.33. The summed E-state index contributed by atoms with van der Waals surface area (Å²) in [6.07, 6.45) is 2.85. The molecule has 0 spiro atoms. The van der Waals surface area contributed by atoms with E-state index in [0.29, 0.717) is 18.7 Å². The third kappa shape index (κ3) is 5.67. The van der Waals surface area contributed by atoms with Gasteiger partial charge in [-0.15, -0.1) is 12.4 Å². The van der Waals surface area contributed by atoms with Gasteiger partial charge >= 0.3 is 0 Å². The predicted molar refractivity (Wildman–Crippen MR) is 103 cm³/mol. The Morgan fingerprint density at radius 2 is 1.80 bits per heavy atom. The first-order chi connectivity index (χ1) is 11.5. The van der Waals surface area contributed by atoms with Crippen molar-refractivity contribution in [2.24, 2.45) is 0 Å². The topological polar surface area (TPSA) is 78.5 Å². The molecule has 1 amide bonds. The Bertz CT molecular complexity index is 644. The predicted octanol–water partition coefficient (Wildman–Crippen LogP) is 2.61. The Morgan fingerprint density at radius 3 is 2.32 bits per heavy atom. The van der Waals surface area contributed by atoms with Crippen LogP contribution in [0.4, 0.5) is 5.69 Å². The van der Waals surface area contributed by atoms with Crippen LogP contribution in [-0.4, -0.2) is 44.3 Å². The average Bonchev–Trinajstić information content (AvgIpc) is 2.60. The summed E-state index contributed by atoms with van der Waals surface area (Å²) in [5.74, 6) is -0.0899. The molecular weight excluding hydrogens is 362 g/mol. The largest absolute Gasteiger partial charge is 0.326 e. The molecule has 1 heterocycles. The Balaban J connectivity index is 0.00000312. The molecule has 1 aromatic rings. The van der Waals surface area contributed by atoms with Crippen LogP contribution in [0.25, 0.3) is 0 Å². The summed E-state index contributed by atoms with van der Waals surface area (Å²) in [6.45, 7) is 5.99. The molecular formula is C17H28ClN3O3S. The van der Waals surface area contributed by atoms with Crippen LogP contribution in [-0.2, 0) is 14.8 Å². The van der Waals surface area contributed by atoms with Crippen LogP contribution in [0.3, 0.4) is 0 Å². The number of hydrogen-bond acceptors (Lipinski definition) is 4. The van der Waals surface area contributed by atoms with Crippen molar-refractivity contribution >= 4 is 34.0 Å². The summed E-state index contributed by atoms with van der Waals surface area (Å²) in [5, 5.41) is 6.00. The first-order valence-corrected chi connectivity index (χ1v) is 10.1. The van der Waals surface area contributed by atoms with Crippen molar-refractivity contribution in [1.29, 1.82) is 0 Å². The number of carbonyl (C=O) groups is 1. The molecule has 1 fully saturated rings. The van der Waals surface area contributed by atoms with Crippen LogP contribution in [0.5, 0.6) is 0 Å². The number of nitrogens with one attached hydrogen (secondary N) is 2. The van der Waals surface area contributed by atoms with Crippen LogP contribution in [0.2, 0.25) is 0 Å². The highest BCUT2D eigenvalue weighted by Gasteiger charge is 2.31. The Kier molecular flexibility index (Phi) is 8.85. The fourth-order valence-corrected chi connectivity index (χ4v) is 4.69. The summed E-state index contributed by atoms with van der Waals surface area (Å²) in [4.78, 5) is 11.7. The molecule has 0 bridgehead atoms. The zero-order valence-corrected chi connectivity index (χ0v) is 16.5. The van der Waals surface area contributed by atoms with Gasteiger partial charge in [0.05, 0.1) is 4.90 Å². The van der Waals surface area contributed by atoms with Crippen LogP contribution in [0.15, 0.2) is 29.2 Å². The number of carbonyl (C=O) groups excluding carboxylic acids is 1. The van der Waals surface area contributed by atoms with Gasteiger partial charge < -0.3 is 10.6 Å². The van der Waals surface area contributed by atoms with E-state index in [1.165, 1.54) is 0 Å². The summed E-state index contributed by atoms with van der Waals surface area (Å²) < 4.78 is 27.7. The van der Waals surface area contributed by atoms with Gasteiger partial charge in [0.2, 0.25) is 15.9 Å². The van der Waals surface area contributed by atoms with E-state index >= 15 is 0 Å². The van der Waals surface area contributed by atoms with Gasteiger partial charge in [-0.3, -0.25) is 4.79 Å². The van der Waals surface area contributed by atoms with E-state index in [0.717, 1.165) is 32.4 Å². The fraction of sp³-hybridized carbons (Fsp3) is 0.588. The average molecular weight is 390 g/mol. The summed E-state index contributed by atoms with van der Waals surface area (Å²) >= 11 is 0. The van der Waals surface area contributed by atoms with E-state index in [1.807, 2.05) is 6.92 Å². The minimum Gasteiger partial charge on any atom is -0.326 e. The lowest BCUT2D eigenvalue weighted by atomic mass is 10.1. The number of amides is 1. The minimum absolute atomic E-state index is 0. The van der Waals surface area contributed by atoms with Crippen molar-refractivity contribution in [3.05, 3.63) is 24.3 Å². The first-order valence-electron chi connectivity index (χ1n) is 8.61. The molecule has 0 radical (unpaired) electrons. The second-order valence-corrected chi connectivity index (χ2v) is 7.91. The monoisotopic (exact) mass is 389 g/mol. The molecule has 0 aromatic heterocycles. The van der Waals surface area contributed by atoms with E-state index in [-0.39, 0.29) is 29.3 Å². The minimum atomic E-state index is -3.52. The number of anilines is 1. The van der Waals surface area contributed by atoms with Crippen LogP contribution >= 0.6 is 12.4 Å². The molecule has 8 heteroatoms. The van der Waals surface area contributed by atoms with Crippen molar-refractivity contribution in [1.82, 2.24) is 9.62 Å². The number of benzene rings is 1. The molecule has 142 valence electrons. The second-order valence-electron chi connectivity index (χ2n) is 6.02. The Hall–Kier alpha value is -1.15. The van der Waals surface area contributed by atoms with E-state index < -0.39 is 10.0 Å². The lowest BCUT2D eigenvalue weighted by molar-refractivity contribution is -0.115. The number of piperidine rings is 1. The second kappa shape index (κ2) is 10.1. The van der Waals surface area contributed by atoms with Gasteiger partial charge in [0.15, 0.2) is 0 Å². The molecule has 0 saturated carbocycles. The Labute approximate surface area is 156 Å². The van der Waals surface area contributed by atoms with Gasteiger partial charge in [-0.25, -0.2) is 8.42 Å². The van der Waals surface area contributed by atoms with Crippen molar-refractivity contribution < 1.29 is 13.2 Å². The molecule has 6 nitrogen and oxygen atoms in total. The zero-order chi connectivity index (χ0) is 17.6. The standard InChI is InChI=1S/C17H27N3O3S.ClH/c1-3-13-20(15-9-11-18-12-10-15)24(22,23)16-7-5-14(6-8-16)19-17(21)4-2;/h5-8,15,18H,3-4,9-13H2,1-2H3,(H,19,21);1H. The highest BCUT2D eigenvalue weighted by Crippen LogP contribution is 2.24. The van der Waals surface area contributed by atoms with Gasteiger partial charge in [0.25, 0.3) is 0 Å². The molecule has 2 N–H and O–H groups in total. The molecule has 1 aliphatic heterocycles. The zero-order valence-electron chi connectivity index (χ0n) is 14.8. The van der Waals surface area contributed by atoms with Crippen molar-refractivity contribution in [2.45, 2.75) is 50.5 Å². The SMILES string of the molecule is CCCN(C1CCNCC1)S(=O)(=O)c1ccc(NC(=O)CC)cc1.Cl. The molecule has 1 aromatic carbocycles.